The highest BCUT2D eigenvalue weighted by Crippen LogP contribution is 1.95. The smallest absolute Gasteiger partial charge is 0.0102 e. The Bertz CT molecular complexity index is 62.3. The summed E-state index contributed by atoms with van der Waals surface area (Å²) in [6, 6.07) is 0. The molecule has 0 aromatic rings. The molecule has 0 radical (unpaired) electrons. The molecule has 0 aliphatic rings. The zero-order valence-electron chi connectivity index (χ0n) is 7.41. The Morgan fingerprint density at radius 2 is 1.70 bits per heavy atom. The number of hydrazine groups is 1. The lowest BCUT2D eigenvalue weighted by molar-refractivity contribution is 0.474. The van der Waals surface area contributed by atoms with Gasteiger partial charge in [0.05, 0.1) is 0 Å². The molecule has 0 bridgehead atoms. The van der Waals surface area contributed by atoms with Gasteiger partial charge in [-0.3, -0.25) is 10.9 Å². The molecular weight excluding hydrogens is 124 g/mol. The average Bonchev–Trinajstić information content (AvgIpc) is 1.87. The Morgan fingerprint density at radius 1 is 1.10 bits per heavy atom. The molecule has 0 fully saturated rings. The molecule has 0 unspecified atom stereocenters. The molecule has 0 saturated heterocycles. The van der Waals surface area contributed by atoms with Gasteiger partial charge in [-0.1, -0.05) is 20.8 Å². The second kappa shape index (κ2) is 7.03. The fourth-order valence-corrected chi connectivity index (χ4v) is 0.663. The highest BCUT2D eigenvalue weighted by atomic mass is 15.3. The lowest BCUT2D eigenvalue weighted by Gasteiger charge is -2.06. The van der Waals surface area contributed by atoms with Crippen LogP contribution in [0.5, 0.6) is 0 Å². The summed E-state index contributed by atoms with van der Waals surface area (Å²) in [5, 5.41) is 0. The molecule has 2 heteroatoms. The first-order valence-corrected chi connectivity index (χ1v) is 4.23. The van der Waals surface area contributed by atoms with Gasteiger partial charge in [-0.2, -0.15) is 0 Å². The molecule has 0 amide bonds. The third-order valence-corrected chi connectivity index (χ3v) is 1.35. The molecular formula is C8H20N2. The van der Waals surface area contributed by atoms with Crippen molar-refractivity contribution in [1.29, 1.82) is 0 Å². The van der Waals surface area contributed by atoms with E-state index in [0.717, 1.165) is 19.0 Å². The maximum Gasteiger partial charge on any atom is 0.0102 e. The van der Waals surface area contributed by atoms with Crippen LogP contribution in [0.2, 0.25) is 0 Å². The lowest BCUT2D eigenvalue weighted by Crippen LogP contribution is -2.33. The van der Waals surface area contributed by atoms with Crippen LogP contribution in [0, 0.1) is 5.92 Å². The normalized spacial score (nSPS) is 10.8. The number of nitrogens with one attached hydrogen (secondary N) is 2. The van der Waals surface area contributed by atoms with Crippen molar-refractivity contribution in [2.45, 2.75) is 33.6 Å². The molecule has 0 heterocycles. The van der Waals surface area contributed by atoms with Crippen molar-refractivity contribution in [2.24, 2.45) is 5.92 Å². The van der Waals surface area contributed by atoms with Crippen molar-refractivity contribution in [3.63, 3.8) is 0 Å². The molecule has 0 aromatic carbocycles. The van der Waals surface area contributed by atoms with Crippen molar-refractivity contribution in [3.05, 3.63) is 0 Å². The third kappa shape index (κ3) is 7.92. The number of rotatable bonds is 6. The van der Waals surface area contributed by atoms with Gasteiger partial charge in [0, 0.05) is 13.1 Å². The average molecular weight is 144 g/mol. The minimum absolute atomic E-state index is 0.802. The van der Waals surface area contributed by atoms with Gasteiger partial charge in [0.1, 0.15) is 0 Å². The quantitative estimate of drug-likeness (QED) is 0.436. The molecule has 0 atom stereocenters. The van der Waals surface area contributed by atoms with E-state index in [4.69, 9.17) is 0 Å². The summed E-state index contributed by atoms with van der Waals surface area (Å²) in [5.41, 5.74) is 6.31. The van der Waals surface area contributed by atoms with Gasteiger partial charge in [-0.15, -0.1) is 0 Å². The second-order valence-electron chi connectivity index (χ2n) is 3.04. The van der Waals surface area contributed by atoms with E-state index in [1.54, 1.807) is 0 Å². The molecule has 10 heavy (non-hydrogen) atoms. The van der Waals surface area contributed by atoms with Crippen LogP contribution in [0.3, 0.4) is 0 Å². The highest BCUT2D eigenvalue weighted by molar-refractivity contribution is 4.46. The van der Waals surface area contributed by atoms with Crippen LogP contribution >= 0.6 is 0 Å². The fourth-order valence-electron chi connectivity index (χ4n) is 0.663. The summed E-state index contributed by atoms with van der Waals surface area (Å²) >= 11 is 0. The lowest BCUT2D eigenvalue weighted by atomic mass is 10.1. The summed E-state index contributed by atoms with van der Waals surface area (Å²) in [5.74, 6) is 0.802. The molecule has 0 aliphatic heterocycles. The predicted molar refractivity (Wildman–Crippen MR) is 45.8 cm³/mol. The Balaban J connectivity index is 2.77. The van der Waals surface area contributed by atoms with Gasteiger partial charge >= 0.3 is 0 Å². The van der Waals surface area contributed by atoms with E-state index in [1.807, 2.05) is 0 Å². The molecule has 0 spiro atoms. The minimum atomic E-state index is 0.802. The maximum atomic E-state index is 3.17. The zero-order valence-corrected chi connectivity index (χ0v) is 7.41. The van der Waals surface area contributed by atoms with Crippen molar-refractivity contribution >= 4 is 0 Å². The first kappa shape index (κ1) is 9.92. The standard InChI is InChI=1S/C8H20N2/c1-4-6-9-10-7-5-8(2)3/h8-10H,4-7H2,1-3H3. The van der Waals surface area contributed by atoms with E-state index < -0.39 is 0 Å². The molecule has 2 nitrogen and oxygen atoms in total. The van der Waals surface area contributed by atoms with Crippen LogP contribution in [-0.2, 0) is 0 Å². The van der Waals surface area contributed by atoms with E-state index in [1.165, 1.54) is 12.8 Å². The summed E-state index contributed by atoms with van der Waals surface area (Å²) < 4.78 is 0. The topological polar surface area (TPSA) is 24.1 Å². The molecule has 0 saturated carbocycles. The van der Waals surface area contributed by atoms with Gasteiger partial charge in [0.25, 0.3) is 0 Å². The van der Waals surface area contributed by atoms with Crippen molar-refractivity contribution in [1.82, 2.24) is 10.9 Å². The highest BCUT2D eigenvalue weighted by Gasteiger charge is 1.90. The Morgan fingerprint density at radius 3 is 2.20 bits per heavy atom. The van der Waals surface area contributed by atoms with E-state index in [-0.39, 0.29) is 0 Å². The zero-order chi connectivity index (χ0) is 7.82. The monoisotopic (exact) mass is 144 g/mol. The first-order valence-electron chi connectivity index (χ1n) is 4.23. The predicted octanol–water partition coefficient (Wildman–Crippen LogP) is 1.54. The first-order chi connectivity index (χ1) is 4.77. The number of hydrogen-bond acceptors (Lipinski definition) is 2. The molecule has 2 N–H and O–H groups in total. The van der Waals surface area contributed by atoms with Crippen LogP contribution in [0.15, 0.2) is 0 Å². The van der Waals surface area contributed by atoms with Crippen LogP contribution in [0.1, 0.15) is 33.6 Å². The van der Waals surface area contributed by atoms with E-state index in [2.05, 4.69) is 31.6 Å². The summed E-state index contributed by atoms with van der Waals surface area (Å²) in [6.45, 7) is 8.79. The summed E-state index contributed by atoms with van der Waals surface area (Å²) in [7, 11) is 0. The maximum absolute atomic E-state index is 3.17. The summed E-state index contributed by atoms with van der Waals surface area (Å²) in [6.07, 6.45) is 2.44. The second-order valence-corrected chi connectivity index (χ2v) is 3.04. The van der Waals surface area contributed by atoms with Crippen LogP contribution in [-0.4, -0.2) is 13.1 Å². The van der Waals surface area contributed by atoms with Crippen molar-refractivity contribution < 1.29 is 0 Å². The van der Waals surface area contributed by atoms with E-state index in [9.17, 15) is 0 Å². The van der Waals surface area contributed by atoms with Crippen molar-refractivity contribution in [3.8, 4) is 0 Å². The number of hydrogen-bond donors (Lipinski definition) is 2. The Labute approximate surface area is 64.4 Å². The van der Waals surface area contributed by atoms with Gasteiger partial charge in [-0.05, 0) is 18.8 Å². The van der Waals surface area contributed by atoms with Gasteiger partial charge in [-0.25, -0.2) is 0 Å². The van der Waals surface area contributed by atoms with Crippen LogP contribution in [0.4, 0.5) is 0 Å². The van der Waals surface area contributed by atoms with Gasteiger partial charge < -0.3 is 0 Å². The minimum Gasteiger partial charge on any atom is -0.258 e. The Hall–Kier alpha value is -0.0800. The van der Waals surface area contributed by atoms with Gasteiger partial charge in [0.15, 0.2) is 0 Å². The van der Waals surface area contributed by atoms with Crippen LogP contribution in [0.25, 0.3) is 0 Å². The summed E-state index contributed by atoms with van der Waals surface area (Å²) in [4.78, 5) is 0. The molecule has 0 aliphatic carbocycles. The SMILES string of the molecule is CCCNNCCC(C)C. The fraction of sp³-hybridized carbons (Fsp3) is 1.00. The van der Waals surface area contributed by atoms with E-state index in [0.29, 0.717) is 0 Å². The molecule has 0 aromatic heterocycles. The van der Waals surface area contributed by atoms with Crippen molar-refractivity contribution in [2.75, 3.05) is 13.1 Å². The third-order valence-electron chi connectivity index (χ3n) is 1.35. The van der Waals surface area contributed by atoms with Gasteiger partial charge in [0.2, 0.25) is 0 Å². The molecule has 0 rings (SSSR count). The largest absolute Gasteiger partial charge is 0.258 e. The Kier molecular flexibility index (Phi) is 6.98. The van der Waals surface area contributed by atoms with Crippen LogP contribution < -0.4 is 10.9 Å². The molecule has 62 valence electrons. The van der Waals surface area contributed by atoms with E-state index >= 15 is 0 Å².